The van der Waals surface area contributed by atoms with Gasteiger partial charge in [0.2, 0.25) is 12.0 Å². The lowest BCUT2D eigenvalue weighted by molar-refractivity contribution is -0.345. The Morgan fingerprint density at radius 1 is 0.833 bits per heavy atom. The van der Waals surface area contributed by atoms with E-state index in [0.29, 0.717) is 0 Å². The van der Waals surface area contributed by atoms with Gasteiger partial charge in [-0.05, 0) is 6.08 Å². The summed E-state index contributed by atoms with van der Waals surface area (Å²) >= 11 is 0. The maximum atomic E-state index is 11.9. The molecule has 174 valence electrons. The molecule has 0 N–H and O–H groups in total. The third-order valence-corrected chi connectivity index (χ3v) is 5.07. The Morgan fingerprint density at radius 3 is 2.00 bits per heavy atom. The Morgan fingerprint density at radius 2 is 1.50 bits per heavy atom. The van der Waals surface area contributed by atoms with Crippen molar-refractivity contribution >= 4 is 5.97 Å². The van der Waals surface area contributed by atoms with E-state index in [1.165, 1.54) is 34.5 Å². The van der Waals surface area contributed by atoms with Gasteiger partial charge in [0.15, 0.2) is 12.4 Å². The van der Waals surface area contributed by atoms with E-state index in [4.69, 9.17) is 47.4 Å². The van der Waals surface area contributed by atoms with Gasteiger partial charge in [-0.15, -0.1) is 0 Å². The van der Waals surface area contributed by atoms with Crippen molar-refractivity contribution in [1.82, 2.24) is 0 Å². The summed E-state index contributed by atoms with van der Waals surface area (Å²) in [4.78, 5) is 11.9. The molecule has 8 atom stereocenters. The fraction of sp³-hybridized carbons (Fsp3) is 0.842. The van der Waals surface area contributed by atoms with E-state index in [1.54, 1.807) is 21.3 Å². The summed E-state index contributed by atoms with van der Waals surface area (Å²) < 4.78 is 55.6. The van der Waals surface area contributed by atoms with Crippen molar-refractivity contribution in [2.75, 3.05) is 56.4 Å². The van der Waals surface area contributed by atoms with Crippen LogP contribution in [0, 0.1) is 0 Å². The van der Waals surface area contributed by atoms with Crippen molar-refractivity contribution in [2.24, 2.45) is 0 Å². The zero-order valence-electron chi connectivity index (χ0n) is 18.4. The number of methoxy groups -OCH3 is 7. The van der Waals surface area contributed by atoms with Crippen molar-refractivity contribution < 1.29 is 52.2 Å². The van der Waals surface area contributed by atoms with Crippen LogP contribution >= 0.6 is 0 Å². The predicted octanol–water partition coefficient (Wildman–Crippen LogP) is -0.137. The fourth-order valence-electron chi connectivity index (χ4n) is 3.62. The van der Waals surface area contributed by atoms with Gasteiger partial charge in [0.1, 0.15) is 30.5 Å². The first-order valence-electron chi connectivity index (χ1n) is 9.40. The molecule has 0 radical (unpaired) electrons. The first-order chi connectivity index (χ1) is 14.5. The van der Waals surface area contributed by atoms with Gasteiger partial charge in [-0.25, -0.2) is 4.79 Å². The Bertz CT molecular complexity index is 569. The van der Waals surface area contributed by atoms with Crippen molar-refractivity contribution in [3.63, 3.8) is 0 Å². The number of hydrogen-bond acceptors (Lipinski definition) is 11. The maximum Gasteiger partial charge on any atom is 0.373 e. The van der Waals surface area contributed by atoms with Crippen LogP contribution in [0.25, 0.3) is 0 Å². The average Bonchev–Trinajstić information content (AvgIpc) is 2.77. The Labute approximate surface area is 176 Å². The third-order valence-electron chi connectivity index (χ3n) is 5.07. The van der Waals surface area contributed by atoms with Crippen LogP contribution in [0.3, 0.4) is 0 Å². The minimum Gasteiger partial charge on any atom is -0.463 e. The van der Waals surface area contributed by atoms with Crippen LogP contribution in [-0.4, -0.2) is 112 Å². The van der Waals surface area contributed by atoms with Crippen molar-refractivity contribution in [2.45, 2.75) is 49.2 Å². The third kappa shape index (κ3) is 5.29. The van der Waals surface area contributed by atoms with E-state index in [9.17, 15) is 4.79 Å². The topological polar surface area (TPSA) is 109 Å². The molecule has 0 aromatic rings. The highest BCUT2D eigenvalue weighted by Crippen LogP contribution is 2.32. The monoisotopic (exact) mass is 436 g/mol. The summed E-state index contributed by atoms with van der Waals surface area (Å²) in [5.74, 6) is -0.681. The van der Waals surface area contributed by atoms with Gasteiger partial charge in [-0.3, -0.25) is 0 Å². The number of carbonyl (C=O) groups excluding carboxylic acids is 1. The summed E-state index contributed by atoms with van der Waals surface area (Å²) in [6.07, 6.45) is -3.88. The molecule has 0 bridgehead atoms. The van der Waals surface area contributed by atoms with E-state index < -0.39 is 55.2 Å². The van der Waals surface area contributed by atoms with Crippen LogP contribution in [-0.2, 0) is 52.2 Å². The minimum absolute atomic E-state index is 0.0321. The molecule has 2 aliphatic rings. The van der Waals surface area contributed by atoms with Crippen LogP contribution in [0.15, 0.2) is 11.8 Å². The molecule has 1 fully saturated rings. The van der Waals surface area contributed by atoms with E-state index in [-0.39, 0.29) is 12.4 Å². The molecule has 11 heteroatoms. The normalized spacial score (nSPS) is 36.7. The molecule has 0 aliphatic carbocycles. The van der Waals surface area contributed by atoms with Crippen LogP contribution in [0.4, 0.5) is 0 Å². The average molecular weight is 436 g/mol. The maximum absolute atomic E-state index is 11.9. The van der Waals surface area contributed by atoms with Gasteiger partial charge >= 0.3 is 5.97 Å². The first kappa shape index (κ1) is 25.0. The highest BCUT2D eigenvalue weighted by molar-refractivity contribution is 5.86. The fourth-order valence-corrected chi connectivity index (χ4v) is 3.62. The SMILES string of the molecule is COC[C@@H]1O[C@@H](OC2C(OC)C=C(C(=O)OC)OC2OC)[C@@H](OC)[C@@H](OC)[C@@H]1OC. The van der Waals surface area contributed by atoms with E-state index in [1.807, 2.05) is 0 Å². The van der Waals surface area contributed by atoms with Gasteiger partial charge in [0, 0.05) is 42.7 Å². The van der Waals surface area contributed by atoms with E-state index >= 15 is 0 Å². The number of hydrogen-bond donors (Lipinski definition) is 0. The molecule has 0 aromatic carbocycles. The molecule has 0 amide bonds. The highest BCUT2D eigenvalue weighted by atomic mass is 16.8. The lowest BCUT2D eigenvalue weighted by Crippen LogP contribution is -2.63. The second-order valence-corrected chi connectivity index (χ2v) is 6.64. The van der Waals surface area contributed by atoms with Gasteiger partial charge in [-0.2, -0.15) is 0 Å². The number of rotatable bonds is 10. The number of esters is 1. The minimum atomic E-state index is -0.961. The van der Waals surface area contributed by atoms with Gasteiger partial charge in [-0.1, -0.05) is 0 Å². The Balaban J connectivity index is 2.29. The smallest absolute Gasteiger partial charge is 0.373 e. The quantitative estimate of drug-likeness (QED) is 0.427. The Hall–Kier alpha value is -1.31. The molecular formula is C19H32O11. The first-order valence-corrected chi connectivity index (χ1v) is 9.40. The lowest BCUT2D eigenvalue weighted by atomic mass is 9.98. The molecule has 2 heterocycles. The highest BCUT2D eigenvalue weighted by Gasteiger charge is 2.50. The molecule has 30 heavy (non-hydrogen) atoms. The lowest BCUT2D eigenvalue weighted by Gasteiger charge is -2.46. The molecular weight excluding hydrogens is 404 g/mol. The second-order valence-electron chi connectivity index (χ2n) is 6.64. The Kier molecular flexibility index (Phi) is 9.91. The standard InChI is InChI=1S/C19H32O11/c1-21-9-12-13(23-3)15(24-4)16(25-5)19(29-12)30-14-10(22-2)8-11(17(20)26-6)28-18(14)27-7/h8,10,12-16,18-19H,9H2,1-7H3/t10?,12-,13+,14?,15-,16-,18?,19-/m0/s1. The van der Waals surface area contributed by atoms with Gasteiger partial charge in [0.05, 0.1) is 13.7 Å². The second kappa shape index (κ2) is 11.9. The van der Waals surface area contributed by atoms with Gasteiger partial charge < -0.3 is 47.4 Å². The van der Waals surface area contributed by atoms with Crippen molar-refractivity contribution in [3.05, 3.63) is 11.8 Å². The molecule has 0 saturated carbocycles. The largest absolute Gasteiger partial charge is 0.463 e. The van der Waals surface area contributed by atoms with Crippen LogP contribution in [0.1, 0.15) is 0 Å². The predicted molar refractivity (Wildman–Crippen MR) is 101 cm³/mol. The molecule has 2 aliphatic heterocycles. The zero-order valence-corrected chi connectivity index (χ0v) is 18.4. The summed E-state index contributed by atoms with van der Waals surface area (Å²) in [6, 6.07) is 0. The summed E-state index contributed by atoms with van der Waals surface area (Å²) in [7, 11) is 10.4. The van der Waals surface area contributed by atoms with E-state index in [0.717, 1.165) is 0 Å². The zero-order chi connectivity index (χ0) is 22.3. The van der Waals surface area contributed by atoms with Crippen LogP contribution in [0.2, 0.25) is 0 Å². The molecule has 11 nitrogen and oxygen atoms in total. The van der Waals surface area contributed by atoms with Crippen LogP contribution < -0.4 is 0 Å². The summed E-state index contributed by atoms with van der Waals surface area (Å²) in [6.45, 7) is 0.254. The molecule has 3 unspecified atom stereocenters. The van der Waals surface area contributed by atoms with Crippen molar-refractivity contribution in [3.8, 4) is 0 Å². The van der Waals surface area contributed by atoms with Crippen LogP contribution in [0.5, 0.6) is 0 Å². The number of carbonyl (C=O) groups is 1. The molecule has 2 rings (SSSR count). The van der Waals surface area contributed by atoms with Gasteiger partial charge in [0.25, 0.3) is 0 Å². The number of ether oxygens (including phenoxy) is 10. The molecule has 0 aromatic heterocycles. The van der Waals surface area contributed by atoms with E-state index in [2.05, 4.69) is 0 Å². The molecule has 1 saturated heterocycles. The summed E-state index contributed by atoms with van der Waals surface area (Å²) in [5.41, 5.74) is 0. The summed E-state index contributed by atoms with van der Waals surface area (Å²) in [5, 5.41) is 0. The molecule has 0 spiro atoms. The van der Waals surface area contributed by atoms with Crippen molar-refractivity contribution in [1.29, 1.82) is 0 Å².